The third kappa shape index (κ3) is 3.80. The summed E-state index contributed by atoms with van der Waals surface area (Å²) in [5.41, 5.74) is 1.07. The highest BCUT2D eigenvalue weighted by atomic mass is 32.2. The molecule has 0 bridgehead atoms. The van der Waals surface area contributed by atoms with Crippen LogP contribution in [0.25, 0.3) is 0 Å². The molecule has 5 nitrogen and oxygen atoms in total. The second kappa shape index (κ2) is 7.27. The molecule has 0 aliphatic carbocycles. The van der Waals surface area contributed by atoms with E-state index in [4.69, 9.17) is 0 Å². The SMILES string of the molecule is O=C(CSc1n[nH]c(=O)n1Cc1ccccc1)c1ccc(F)cc1. The molecule has 0 fully saturated rings. The molecule has 3 aromatic rings. The lowest BCUT2D eigenvalue weighted by Gasteiger charge is -2.05. The Kier molecular flexibility index (Phi) is 4.90. The molecule has 0 spiro atoms. The first-order chi connectivity index (χ1) is 11.6. The Hall–Kier alpha value is -2.67. The van der Waals surface area contributed by atoms with Crippen LogP contribution in [0.2, 0.25) is 0 Å². The van der Waals surface area contributed by atoms with Crippen LogP contribution in [0.3, 0.4) is 0 Å². The van der Waals surface area contributed by atoms with Gasteiger partial charge in [0.2, 0.25) is 0 Å². The highest BCUT2D eigenvalue weighted by Gasteiger charge is 2.13. The average molecular weight is 343 g/mol. The van der Waals surface area contributed by atoms with Gasteiger partial charge in [0.15, 0.2) is 10.9 Å². The number of aromatic nitrogens is 3. The number of nitrogens with one attached hydrogen (secondary N) is 1. The van der Waals surface area contributed by atoms with Gasteiger partial charge in [-0.1, -0.05) is 42.1 Å². The molecule has 0 saturated carbocycles. The summed E-state index contributed by atoms with van der Waals surface area (Å²) in [7, 11) is 0. The Labute approximate surface area is 141 Å². The molecule has 0 unspecified atom stereocenters. The summed E-state index contributed by atoms with van der Waals surface area (Å²) in [6.45, 7) is 0.378. The maximum absolute atomic E-state index is 12.9. The van der Waals surface area contributed by atoms with Gasteiger partial charge in [0.1, 0.15) is 5.82 Å². The van der Waals surface area contributed by atoms with E-state index in [1.54, 1.807) is 0 Å². The van der Waals surface area contributed by atoms with Crippen LogP contribution in [0.1, 0.15) is 15.9 Å². The summed E-state index contributed by atoms with van der Waals surface area (Å²) in [4.78, 5) is 24.0. The van der Waals surface area contributed by atoms with Gasteiger partial charge in [-0.3, -0.25) is 9.36 Å². The summed E-state index contributed by atoms with van der Waals surface area (Å²) >= 11 is 1.17. The van der Waals surface area contributed by atoms with Gasteiger partial charge < -0.3 is 0 Å². The zero-order chi connectivity index (χ0) is 16.9. The lowest BCUT2D eigenvalue weighted by molar-refractivity contribution is 0.102. The van der Waals surface area contributed by atoms with Crippen molar-refractivity contribution in [3.63, 3.8) is 0 Å². The average Bonchev–Trinajstić information content (AvgIpc) is 2.94. The van der Waals surface area contributed by atoms with E-state index in [9.17, 15) is 14.0 Å². The van der Waals surface area contributed by atoms with E-state index >= 15 is 0 Å². The molecule has 24 heavy (non-hydrogen) atoms. The van der Waals surface area contributed by atoms with Gasteiger partial charge in [0.05, 0.1) is 12.3 Å². The largest absolute Gasteiger partial charge is 0.344 e. The van der Waals surface area contributed by atoms with E-state index in [1.807, 2.05) is 30.3 Å². The van der Waals surface area contributed by atoms with E-state index in [-0.39, 0.29) is 23.0 Å². The molecule has 1 N–H and O–H groups in total. The van der Waals surface area contributed by atoms with Crippen LogP contribution in [0, 0.1) is 5.82 Å². The zero-order valence-corrected chi connectivity index (χ0v) is 13.4. The van der Waals surface area contributed by atoms with Crippen LogP contribution >= 0.6 is 11.8 Å². The van der Waals surface area contributed by atoms with Crippen molar-refractivity contribution < 1.29 is 9.18 Å². The second-order valence-corrected chi connectivity index (χ2v) is 6.04. The minimum absolute atomic E-state index is 0.116. The van der Waals surface area contributed by atoms with Crippen molar-refractivity contribution in [1.82, 2.24) is 14.8 Å². The fourth-order valence-electron chi connectivity index (χ4n) is 2.17. The molecule has 0 radical (unpaired) electrons. The summed E-state index contributed by atoms with van der Waals surface area (Å²) in [6, 6.07) is 14.9. The molecule has 122 valence electrons. The van der Waals surface area contributed by atoms with Crippen molar-refractivity contribution in [3.8, 4) is 0 Å². The molecular weight excluding hydrogens is 329 g/mol. The number of nitrogens with zero attached hydrogens (tertiary/aromatic N) is 2. The van der Waals surface area contributed by atoms with Crippen molar-refractivity contribution >= 4 is 17.5 Å². The maximum atomic E-state index is 12.9. The normalized spacial score (nSPS) is 10.7. The number of H-pyrrole nitrogens is 1. The number of carbonyl (C=O) groups is 1. The number of ketones is 1. The molecule has 2 aromatic carbocycles. The number of hydrogen-bond donors (Lipinski definition) is 1. The molecule has 0 aliphatic heterocycles. The first-order valence-corrected chi connectivity index (χ1v) is 8.23. The molecule has 1 aromatic heterocycles. The molecule has 7 heteroatoms. The first-order valence-electron chi connectivity index (χ1n) is 7.24. The number of rotatable bonds is 6. The van der Waals surface area contributed by atoms with Gasteiger partial charge in [-0.05, 0) is 29.8 Å². The molecular formula is C17H14FN3O2S. The third-order valence-electron chi connectivity index (χ3n) is 3.41. The standard InChI is InChI=1S/C17H14FN3O2S/c18-14-8-6-13(7-9-14)15(22)11-24-17-20-19-16(23)21(17)10-12-4-2-1-3-5-12/h1-9H,10-11H2,(H,19,23). The maximum Gasteiger partial charge on any atom is 0.344 e. The van der Waals surface area contributed by atoms with E-state index in [2.05, 4.69) is 10.2 Å². The first kappa shape index (κ1) is 16.2. The van der Waals surface area contributed by atoms with Crippen LogP contribution < -0.4 is 5.69 Å². The molecule has 0 atom stereocenters. The molecule has 0 saturated heterocycles. The highest BCUT2D eigenvalue weighted by Crippen LogP contribution is 2.17. The zero-order valence-electron chi connectivity index (χ0n) is 12.6. The number of halogens is 1. The lowest BCUT2D eigenvalue weighted by Crippen LogP contribution is -2.18. The lowest BCUT2D eigenvalue weighted by atomic mass is 10.1. The monoisotopic (exact) mass is 343 g/mol. The molecule has 0 aliphatic rings. The number of aromatic amines is 1. The van der Waals surface area contributed by atoms with Crippen molar-refractivity contribution in [2.45, 2.75) is 11.7 Å². The van der Waals surface area contributed by atoms with Crippen LogP contribution in [-0.2, 0) is 6.54 Å². The summed E-state index contributed by atoms with van der Waals surface area (Å²) in [5.74, 6) is -0.421. The van der Waals surface area contributed by atoms with E-state index in [0.717, 1.165) is 5.56 Å². The van der Waals surface area contributed by atoms with E-state index < -0.39 is 0 Å². The van der Waals surface area contributed by atoms with Gasteiger partial charge in [-0.15, -0.1) is 5.10 Å². The predicted molar refractivity (Wildman–Crippen MR) is 89.8 cm³/mol. The summed E-state index contributed by atoms with van der Waals surface area (Å²) < 4.78 is 14.4. The second-order valence-electron chi connectivity index (χ2n) is 5.10. The van der Waals surface area contributed by atoms with Crippen molar-refractivity contribution in [2.75, 3.05) is 5.75 Å². The Morgan fingerprint density at radius 3 is 2.54 bits per heavy atom. The quantitative estimate of drug-likeness (QED) is 0.552. The Bertz CT molecular complexity index is 888. The van der Waals surface area contributed by atoms with E-state index in [1.165, 1.54) is 40.6 Å². The topological polar surface area (TPSA) is 67.8 Å². The van der Waals surface area contributed by atoms with Gasteiger partial charge in [0.25, 0.3) is 0 Å². The van der Waals surface area contributed by atoms with Crippen molar-refractivity contribution in [2.24, 2.45) is 0 Å². The Morgan fingerprint density at radius 2 is 1.83 bits per heavy atom. The smallest absolute Gasteiger partial charge is 0.293 e. The van der Waals surface area contributed by atoms with Crippen LogP contribution in [0.4, 0.5) is 4.39 Å². The summed E-state index contributed by atoms with van der Waals surface area (Å²) in [6.07, 6.45) is 0. The van der Waals surface area contributed by atoms with Gasteiger partial charge >= 0.3 is 5.69 Å². The molecule has 3 rings (SSSR count). The number of benzene rings is 2. The number of hydrogen-bond acceptors (Lipinski definition) is 4. The molecule has 0 amide bonds. The van der Waals surface area contributed by atoms with Gasteiger partial charge in [-0.25, -0.2) is 14.3 Å². The van der Waals surface area contributed by atoms with Gasteiger partial charge in [-0.2, -0.15) is 0 Å². The van der Waals surface area contributed by atoms with Crippen molar-refractivity contribution in [3.05, 3.63) is 82.0 Å². The summed E-state index contributed by atoms with van der Waals surface area (Å²) in [5, 5.41) is 6.82. The van der Waals surface area contributed by atoms with Crippen LogP contribution in [0.15, 0.2) is 64.5 Å². The number of carbonyl (C=O) groups excluding carboxylic acids is 1. The fraction of sp³-hybridized carbons (Fsp3) is 0.118. The minimum Gasteiger partial charge on any atom is -0.293 e. The minimum atomic E-state index is -0.386. The Morgan fingerprint density at radius 1 is 1.12 bits per heavy atom. The number of Topliss-reactive ketones (excluding diaryl/α,β-unsaturated/α-hetero) is 1. The van der Waals surface area contributed by atoms with Gasteiger partial charge in [0, 0.05) is 5.56 Å². The third-order valence-corrected chi connectivity index (χ3v) is 4.38. The fourth-order valence-corrected chi connectivity index (χ4v) is 3.01. The molecule has 1 heterocycles. The van der Waals surface area contributed by atoms with Crippen LogP contribution in [-0.4, -0.2) is 26.3 Å². The van der Waals surface area contributed by atoms with Crippen LogP contribution in [0.5, 0.6) is 0 Å². The van der Waals surface area contributed by atoms with Crippen molar-refractivity contribution in [1.29, 1.82) is 0 Å². The Balaban J connectivity index is 1.71. The predicted octanol–water partition coefficient (Wildman–Crippen LogP) is 2.73. The highest BCUT2D eigenvalue weighted by molar-refractivity contribution is 7.99. The van der Waals surface area contributed by atoms with E-state index in [0.29, 0.717) is 17.3 Å². The number of thioether (sulfide) groups is 1.